The first kappa shape index (κ1) is 6.61. The van der Waals surface area contributed by atoms with Gasteiger partial charge >= 0.3 is 6.18 Å². The number of nitrogens with one attached hydrogen (secondary N) is 1. The van der Waals surface area contributed by atoms with Crippen LogP contribution in [0.4, 0.5) is 13.2 Å². The number of hydrogen-bond acceptors (Lipinski definition) is 1. The lowest BCUT2D eigenvalue weighted by molar-refractivity contribution is -0.0918. The van der Waals surface area contributed by atoms with E-state index >= 15 is 0 Å². The summed E-state index contributed by atoms with van der Waals surface area (Å²) in [4.78, 5) is 0. The first-order valence-corrected chi connectivity index (χ1v) is 2.35. The first-order valence-electron chi connectivity index (χ1n) is 2.35. The van der Waals surface area contributed by atoms with Crippen molar-refractivity contribution in [2.45, 2.75) is 6.18 Å². The smallest absolute Gasteiger partial charge is 0.300 e. The molecule has 0 aromatic carbocycles. The van der Waals surface area contributed by atoms with Crippen molar-refractivity contribution < 1.29 is 13.2 Å². The zero-order valence-electron chi connectivity index (χ0n) is 4.42. The summed E-state index contributed by atoms with van der Waals surface area (Å²) in [5, 5.41) is 2.32. The van der Waals surface area contributed by atoms with Gasteiger partial charge in [-0.15, -0.1) is 0 Å². The van der Waals surface area contributed by atoms with Gasteiger partial charge in [-0.1, -0.05) is 6.08 Å². The van der Waals surface area contributed by atoms with Crippen molar-refractivity contribution in [3.8, 4) is 0 Å². The predicted octanol–water partition coefficient (Wildman–Crippen LogP) is 1.12. The Bertz CT molecular complexity index is 136. The van der Waals surface area contributed by atoms with Gasteiger partial charge in [-0.25, -0.2) is 0 Å². The fraction of sp³-hybridized carbons (Fsp3) is 0.400. The molecule has 0 bridgehead atoms. The summed E-state index contributed by atoms with van der Waals surface area (Å²) in [5.74, 6) is 0. The summed E-state index contributed by atoms with van der Waals surface area (Å²) in [6.07, 6.45) is -3.27. The minimum absolute atomic E-state index is 0.149. The summed E-state index contributed by atoms with van der Waals surface area (Å²) < 4.78 is 34.8. The van der Waals surface area contributed by atoms with Crippen molar-refractivity contribution >= 4 is 0 Å². The highest BCUT2D eigenvalue weighted by Crippen LogP contribution is 2.26. The Balaban J connectivity index is 2.61. The Morgan fingerprint density at radius 1 is 1.56 bits per heavy atom. The highest BCUT2D eigenvalue weighted by Gasteiger charge is 2.34. The van der Waals surface area contributed by atoms with Gasteiger partial charge in [0.05, 0.1) is 6.54 Å². The van der Waals surface area contributed by atoms with Crippen LogP contribution in [0.25, 0.3) is 0 Å². The second kappa shape index (κ2) is 2.02. The van der Waals surface area contributed by atoms with Crippen LogP contribution >= 0.6 is 0 Å². The fourth-order valence-corrected chi connectivity index (χ4v) is 0.517. The van der Waals surface area contributed by atoms with Crippen LogP contribution in [-0.2, 0) is 0 Å². The third-order valence-electron chi connectivity index (χ3n) is 0.991. The summed E-state index contributed by atoms with van der Waals surface area (Å²) in [5.41, 5.74) is -0.567. The molecule has 4 heteroatoms. The molecule has 0 aliphatic carbocycles. The molecule has 1 heterocycles. The molecule has 0 saturated carbocycles. The molecular formula is C5H4F3N. The maximum atomic E-state index is 11.6. The molecule has 1 aliphatic rings. The van der Waals surface area contributed by atoms with E-state index in [-0.39, 0.29) is 6.54 Å². The lowest BCUT2D eigenvalue weighted by Gasteiger charge is -2.04. The summed E-state index contributed by atoms with van der Waals surface area (Å²) >= 11 is 0. The van der Waals surface area contributed by atoms with Crippen molar-refractivity contribution in [3.63, 3.8) is 0 Å². The Labute approximate surface area is 50.6 Å². The van der Waals surface area contributed by atoms with Crippen LogP contribution in [0.3, 0.4) is 0 Å². The maximum absolute atomic E-state index is 11.6. The molecule has 0 amide bonds. The van der Waals surface area contributed by atoms with E-state index in [0.717, 1.165) is 6.08 Å². The summed E-state index contributed by atoms with van der Waals surface area (Å²) in [6.45, 7) is 2.10. The third kappa shape index (κ3) is 1.45. The molecule has 0 fully saturated rings. The van der Waals surface area contributed by atoms with Gasteiger partial charge in [-0.2, -0.15) is 13.2 Å². The van der Waals surface area contributed by atoms with Crippen LogP contribution in [0.15, 0.2) is 11.6 Å². The minimum Gasteiger partial charge on any atom is -0.300 e. The van der Waals surface area contributed by atoms with Crippen LogP contribution in [0.2, 0.25) is 0 Å². The lowest BCUT2D eigenvalue weighted by atomic mass is 10.3. The van der Waals surface area contributed by atoms with Crippen LogP contribution in [0.5, 0.6) is 0 Å². The fourth-order valence-electron chi connectivity index (χ4n) is 0.517. The highest BCUT2D eigenvalue weighted by atomic mass is 19.4. The van der Waals surface area contributed by atoms with E-state index in [4.69, 9.17) is 0 Å². The van der Waals surface area contributed by atoms with Crippen LogP contribution in [-0.4, -0.2) is 12.7 Å². The van der Waals surface area contributed by atoms with E-state index in [0.29, 0.717) is 0 Å². The number of hydrogen-bond donors (Lipinski definition) is 1. The van der Waals surface area contributed by atoms with Crippen molar-refractivity contribution in [2.75, 3.05) is 6.54 Å². The van der Waals surface area contributed by atoms with E-state index in [2.05, 4.69) is 11.9 Å². The molecule has 1 aliphatic heterocycles. The van der Waals surface area contributed by atoms with Crippen LogP contribution in [0.1, 0.15) is 0 Å². The largest absolute Gasteiger partial charge is 0.413 e. The Morgan fingerprint density at radius 3 is 2.44 bits per heavy atom. The Kier molecular flexibility index (Phi) is 1.48. The Morgan fingerprint density at radius 2 is 2.22 bits per heavy atom. The van der Waals surface area contributed by atoms with E-state index in [1.54, 1.807) is 0 Å². The number of rotatable bonds is 0. The minimum atomic E-state index is -4.18. The van der Waals surface area contributed by atoms with Crippen LogP contribution in [0, 0.1) is 6.54 Å². The molecule has 0 spiro atoms. The molecule has 0 aromatic heterocycles. The van der Waals surface area contributed by atoms with Gasteiger partial charge in [0.15, 0.2) is 0 Å². The number of alkyl halides is 3. The van der Waals surface area contributed by atoms with Crippen molar-refractivity contribution in [3.05, 3.63) is 18.2 Å². The Hall–Kier alpha value is -0.510. The average Bonchev–Trinajstić information content (AvgIpc) is 2.08. The van der Waals surface area contributed by atoms with Gasteiger partial charge < -0.3 is 0 Å². The lowest BCUT2D eigenvalue weighted by Crippen LogP contribution is -2.16. The normalized spacial score (nSPS) is 20.1. The van der Waals surface area contributed by atoms with Gasteiger partial charge in [0.1, 0.15) is 0 Å². The zero-order chi connectivity index (χ0) is 6.91. The molecular weight excluding hydrogens is 131 g/mol. The molecule has 1 N–H and O–H groups in total. The monoisotopic (exact) mass is 135 g/mol. The first-order chi connectivity index (χ1) is 4.11. The second-order valence-electron chi connectivity index (χ2n) is 1.67. The van der Waals surface area contributed by atoms with Crippen molar-refractivity contribution in [1.29, 1.82) is 0 Å². The van der Waals surface area contributed by atoms with E-state index in [9.17, 15) is 13.2 Å². The highest BCUT2D eigenvalue weighted by molar-refractivity contribution is 5.20. The molecule has 9 heavy (non-hydrogen) atoms. The SMILES string of the molecule is FC(F)(F)C1=C[C]NC1. The standard InChI is InChI=1S/C5H4F3N/c6-5(7,8)4-1-2-9-3-4/h1,9H,3H2. The molecule has 0 unspecified atom stereocenters. The average molecular weight is 135 g/mol. The van der Waals surface area contributed by atoms with E-state index in [1.165, 1.54) is 0 Å². The molecule has 2 radical (unpaired) electrons. The van der Waals surface area contributed by atoms with Crippen LogP contribution < -0.4 is 5.32 Å². The van der Waals surface area contributed by atoms with Crippen molar-refractivity contribution in [2.24, 2.45) is 0 Å². The molecule has 0 atom stereocenters. The predicted molar refractivity (Wildman–Crippen MR) is 25.4 cm³/mol. The zero-order valence-corrected chi connectivity index (χ0v) is 4.42. The summed E-state index contributed by atoms with van der Waals surface area (Å²) in [7, 11) is 0. The molecule has 1 rings (SSSR count). The summed E-state index contributed by atoms with van der Waals surface area (Å²) in [6, 6.07) is 0. The van der Waals surface area contributed by atoms with E-state index < -0.39 is 11.7 Å². The van der Waals surface area contributed by atoms with Gasteiger partial charge in [0.2, 0.25) is 0 Å². The third-order valence-corrected chi connectivity index (χ3v) is 0.991. The van der Waals surface area contributed by atoms with Gasteiger partial charge in [0.25, 0.3) is 0 Å². The molecule has 50 valence electrons. The molecule has 1 nitrogen and oxygen atoms in total. The number of halogens is 3. The maximum Gasteiger partial charge on any atom is 0.413 e. The van der Waals surface area contributed by atoms with E-state index in [1.807, 2.05) is 0 Å². The molecule has 0 aromatic rings. The van der Waals surface area contributed by atoms with Gasteiger partial charge in [0, 0.05) is 12.1 Å². The topological polar surface area (TPSA) is 12.0 Å². The van der Waals surface area contributed by atoms with Gasteiger partial charge in [-0.3, -0.25) is 5.32 Å². The second-order valence-corrected chi connectivity index (χ2v) is 1.67. The van der Waals surface area contributed by atoms with Gasteiger partial charge in [-0.05, 0) is 0 Å². The molecule has 0 saturated heterocycles. The quantitative estimate of drug-likeness (QED) is 0.524. The van der Waals surface area contributed by atoms with Crippen molar-refractivity contribution in [1.82, 2.24) is 5.32 Å².